The zero-order chi connectivity index (χ0) is 26.1. The Kier molecular flexibility index (Phi) is 8.49. The molecule has 0 bridgehead atoms. The van der Waals surface area contributed by atoms with Crippen molar-refractivity contribution in [3.63, 3.8) is 0 Å². The van der Waals surface area contributed by atoms with Crippen molar-refractivity contribution in [2.75, 3.05) is 12.4 Å². The Morgan fingerprint density at radius 3 is 2.03 bits per heavy atom. The Labute approximate surface area is 204 Å². The highest BCUT2D eigenvalue weighted by Crippen LogP contribution is 2.29. The molecule has 186 valence electrons. The maximum atomic E-state index is 12.1. The van der Waals surface area contributed by atoms with E-state index in [0.29, 0.717) is 17.1 Å². The van der Waals surface area contributed by atoms with Gasteiger partial charge >= 0.3 is 5.97 Å². The number of esters is 1. The van der Waals surface area contributed by atoms with Crippen LogP contribution < -0.4 is 14.8 Å². The number of hydrogen-bond donors (Lipinski definition) is 1. The maximum absolute atomic E-state index is 12.1. The molecule has 0 atom stereocenters. The van der Waals surface area contributed by atoms with Crippen molar-refractivity contribution >= 4 is 28.9 Å². The smallest absolute Gasteiger partial charge is 0.306 e. The molecule has 3 aromatic rings. The van der Waals surface area contributed by atoms with Crippen LogP contribution in [-0.2, 0) is 20.9 Å². The Balaban J connectivity index is 1.44. The van der Waals surface area contributed by atoms with E-state index in [0.717, 1.165) is 0 Å². The molecular weight excluding hydrogens is 474 g/mol. The number of nitro benzene ring substituents is 2. The van der Waals surface area contributed by atoms with E-state index >= 15 is 0 Å². The zero-order valence-corrected chi connectivity index (χ0v) is 19.0. The third-order valence-electron chi connectivity index (χ3n) is 4.84. The number of nitrogens with zero attached hydrogens (tertiary/aromatic N) is 2. The summed E-state index contributed by atoms with van der Waals surface area (Å²) in [5.74, 6) is 0.00372. The molecule has 0 unspecified atom stereocenters. The minimum atomic E-state index is -0.644. The lowest BCUT2D eigenvalue weighted by Crippen LogP contribution is -2.15. The number of non-ortho nitro benzene ring substituents is 1. The van der Waals surface area contributed by atoms with Gasteiger partial charge in [-0.25, -0.2) is 0 Å². The van der Waals surface area contributed by atoms with Crippen molar-refractivity contribution in [3.05, 3.63) is 92.5 Å². The van der Waals surface area contributed by atoms with Crippen LogP contribution >= 0.6 is 0 Å². The summed E-state index contributed by atoms with van der Waals surface area (Å²) in [5, 5.41) is 24.3. The zero-order valence-electron chi connectivity index (χ0n) is 19.0. The summed E-state index contributed by atoms with van der Waals surface area (Å²) < 4.78 is 15.7. The molecule has 36 heavy (non-hydrogen) atoms. The number of rotatable bonds is 11. The average molecular weight is 495 g/mol. The Bertz CT molecular complexity index is 1260. The molecule has 0 saturated carbocycles. The van der Waals surface area contributed by atoms with Gasteiger partial charge in [-0.2, -0.15) is 0 Å². The third kappa shape index (κ3) is 7.25. The molecule has 0 spiro atoms. The van der Waals surface area contributed by atoms with Crippen LogP contribution in [0.1, 0.15) is 18.4 Å². The minimum Gasteiger partial charge on any atom is -0.496 e. The van der Waals surface area contributed by atoms with Gasteiger partial charge in [-0.3, -0.25) is 29.8 Å². The molecule has 12 nitrogen and oxygen atoms in total. The first-order valence-electron chi connectivity index (χ1n) is 10.5. The summed E-state index contributed by atoms with van der Waals surface area (Å²) in [7, 11) is 1.37. The Hall–Kier alpha value is -5.00. The fraction of sp³-hybridized carbons (Fsp3) is 0.167. The number of amides is 1. The van der Waals surface area contributed by atoms with Crippen LogP contribution in [0.25, 0.3) is 0 Å². The number of nitro groups is 2. The molecule has 0 radical (unpaired) electrons. The summed E-state index contributed by atoms with van der Waals surface area (Å²) in [6.07, 6.45) is -0.429. The summed E-state index contributed by atoms with van der Waals surface area (Å²) in [6, 6.07) is 16.3. The van der Waals surface area contributed by atoms with E-state index in [2.05, 4.69) is 5.32 Å². The molecule has 1 N–H and O–H groups in total. The largest absolute Gasteiger partial charge is 0.496 e. The number of carbonyl (C=O) groups is 2. The van der Waals surface area contributed by atoms with Crippen LogP contribution in [0.15, 0.2) is 66.7 Å². The van der Waals surface area contributed by atoms with E-state index in [9.17, 15) is 29.8 Å². The first kappa shape index (κ1) is 25.6. The topological polar surface area (TPSA) is 160 Å². The van der Waals surface area contributed by atoms with Gasteiger partial charge in [0.05, 0.1) is 29.4 Å². The molecule has 0 saturated heterocycles. The van der Waals surface area contributed by atoms with Gasteiger partial charge in [0, 0.05) is 18.6 Å². The number of ether oxygens (including phenoxy) is 3. The van der Waals surface area contributed by atoms with E-state index in [4.69, 9.17) is 14.2 Å². The number of nitrogens with one attached hydrogen (secondary N) is 1. The highest BCUT2D eigenvalue weighted by atomic mass is 16.6. The second-order valence-corrected chi connectivity index (χ2v) is 7.35. The number of benzene rings is 3. The van der Waals surface area contributed by atoms with Gasteiger partial charge in [0.1, 0.15) is 29.5 Å². The van der Waals surface area contributed by atoms with E-state index in [-0.39, 0.29) is 42.3 Å². The predicted molar refractivity (Wildman–Crippen MR) is 127 cm³/mol. The lowest BCUT2D eigenvalue weighted by Gasteiger charge is -2.09. The van der Waals surface area contributed by atoms with Crippen LogP contribution in [0.2, 0.25) is 0 Å². The fourth-order valence-electron chi connectivity index (χ4n) is 2.99. The van der Waals surface area contributed by atoms with Crippen LogP contribution in [0, 0.1) is 20.2 Å². The normalized spacial score (nSPS) is 10.2. The van der Waals surface area contributed by atoms with Gasteiger partial charge in [0.15, 0.2) is 0 Å². The van der Waals surface area contributed by atoms with Gasteiger partial charge in [0.25, 0.3) is 11.4 Å². The Morgan fingerprint density at radius 1 is 0.833 bits per heavy atom. The highest BCUT2D eigenvalue weighted by Gasteiger charge is 2.18. The van der Waals surface area contributed by atoms with Crippen LogP contribution in [0.3, 0.4) is 0 Å². The van der Waals surface area contributed by atoms with Crippen LogP contribution in [-0.4, -0.2) is 28.8 Å². The van der Waals surface area contributed by atoms with E-state index < -0.39 is 21.7 Å². The lowest BCUT2D eigenvalue weighted by molar-refractivity contribution is -0.384. The van der Waals surface area contributed by atoms with Crippen molar-refractivity contribution in [1.29, 1.82) is 0 Å². The highest BCUT2D eigenvalue weighted by molar-refractivity contribution is 5.94. The standard InChI is InChI=1S/C24H21N3O9/c1-34-20-10-11-21(22(14-20)27(32)33)25-23(28)12-13-24(29)35-15-16-2-6-18(7-3-16)36-19-8-4-17(5-9-19)26(30)31/h2-11,14H,12-13,15H2,1H3,(H,25,28). The molecule has 0 aliphatic heterocycles. The van der Waals surface area contributed by atoms with Crippen molar-refractivity contribution in [2.24, 2.45) is 0 Å². The summed E-state index contributed by atoms with van der Waals surface area (Å²) in [4.78, 5) is 44.9. The molecule has 0 aliphatic carbocycles. The summed E-state index contributed by atoms with van der Waals surface area (Å²) in [5.41, 5.74) is 0.304. The van der Waals surface area contributed by atoms with Crippen molar-refractivity contribution < 1.29 is 33.6 Å². The molecule has 3 rings (SSSR count). The summed E-state index contributed by atoms with van der Waals surface area (Å²) >= 11 is 0. The molecule has 0 aliphatic rings. The molecule has 1 amide bonds. The SMILES string of the molecule is COc1ccc(NC(=O)CCC(=O)OCc2ccc(Oc3ccc([N+](=O)[O-])cc3)cc2)c([N+](=O)[O-])c1. The second kappa shape index (κ2) is 11.9. The Morgan fingerprint density at radius 2 is 1.44 bits per heavy atom. The average Bonchev–Trinajstić information content (AvgIpc) is 2.87. The van der Waals surface area contributed by atoms with Crippen LogP contribution in [0.5, 0.6) is 17.2 Å². The molecule has 0 heterocycles. The van der Waals surface area contributed by atoms with Crippen molar-refractivity contribution in [3.8, 4) is 17.2 Å². The number of carbonyl (C=O) groups excluding carboxylic acids is 2. The minimum absolute atomic E-state index is 0.00444. The van der Waals surface area contributed by atoms with Gasteiger partial charge < -0.3 is 19.5 Å². The van der Waals surface area contributed by atoms with Gasteiger partial charge in [-0.15, -0.1) is 0 Å². The maximum Gasteiger partial charge on any atom is 0.306 e. The second-order valence-electron chi connectivity index (χ2n) is 7.35. The fourth-order valence-corrected chi connectivity index (χ4v) is 2.99. The van der Waals surface area contributed by atoms with E-state index in [1.807, 2.05) is 0 Å². The first-order valence-corrected chi connectivity index (χ1v) is 10.5. The molecule has 12 heteroatoms. The molecule has 3 aromatic carbocycles. The van der Waals surface area contributed by atoms with E-state index in [1.165, 1.54) is 49.6 Å². The number of hydrogen-bond acceptors (Lipinski definition) is 9. The number of anilines is 1. The van der Waals surface area contributed by atoms with E-state index in [1.54, 1.807) is 24.3 Å². The monoisotopic (exact) mass is 495 g/mol. The van der Waals surface area contributed by atoms with Gasteiger partial charge in [0.2, 0.25) is 5.91 Å². The lowest BCUT2D eigenvalue weighted by atomic mass is 10.2. The molecular formula is C24H21N3O9. The van der Waals surface area contributed by atoms with Gasteiger partial charge in [-0.05, 0) is 42.0 Å². The van der Waals surface area contributed by atoms with Crippen molar-refractivity contribution in [2.45, 2.75) is 19.4 Å². The van der Waals surface area contributed by atoms with Crippen LogP contribution in [0.4, 0.5) is 17.1 Å². The number of methoxy groups -OCH3 is 1. The molecule has 0 aromatic heterocycles. The predicted octanol–water partition coefficient (Wildman–Crippen LogP) is 4.77. The first-order chi connectivity index (χ1) is 17.2. The third-order valence-corrected chi connectivity index (χ3v) is 4.84. The van der Waals surface area contributed by atoms with Crippen molar-refractivity contribution in [1.82, 2.24) is 0 Å². The van der Waals surface area contributed by atoms with Gasteiger partial charge in [-0.1, -0.05) is 12.1 Å². The molecule has 0 fully saturated rings. The quantitative estimate of drug-likeness (QED) is 0.224. The summed E-state index contributed by atoms with van der Waals surface area (Å²) in [6.45, 7) is -0.0256.